The van der Waals surface area contributed by atoms with Crippen molar-refractivity contribution in [1.29, 1.82) is 0 Å². The quantitative estimate of drug-likeness (QED) is 0.764. The summed E-state index contributed by atoms with van der Waals surface area (Å²) < 4.78 is 0. The van der Waals surface area contributed by atoms with E-state index in [-0.39, 0.29) is 11.5 Å². The van der Waals surface area contributed by atoms with Gasteiger partial charge >= 0.3 is 0 Å². The average molecular weight is 274 g/mol. The summed E-state index contributed by atoms with van der Waals surface area (Å²) in [5.74, 6) is 0.727. The molecule has 1 heteroatoms. The molecule has 1 N–H and O–H groups in total. The molecule has 0 bridgehead atoms. The fourth-order valence-corrected chi connectivity index (χ4v) is 3.24. The molecule has 1 nitrogen and oxygen atoms in total. The minimum Gasteiger partial charge on any atom is -0.388 e. The van der Waals surface area contributed by atoms with E-state index in [4.69, 9.17) is 0 Å². The van der Waals surface area contributed by atoms with E-state index in [2.05, 4.69) is 45.0 Å². The van der Waals surface area contributed by atoms with Crippen molar-refractivity contribution in [3.8, 4) is 0 Å². The van der Waals surface area contributed by atoms with E-state index in [9.17, 15) is 5.11 Å². The highest BCUT2D eigenvalue weighted by Crippen LogP contribution is 2.33. The Balaban J connectivity index is 1.98. The van der Waals surface area contributed by atoms with Crippen molar-refractivity contribution in [2.75, 3.05) is 0 Å². The third-order valence-electron chi connectivity index (χ3n) is 5.24. The van der Waals surface area contributed by atoms with E-state index < -0.39 is 0 Å². The van der Waals surface area contributed by atoms with Gasteiger partial charge in [-0.2, -0.15) is 0 Å². The van der Waals surface area contributed by atoms with Crippen LogP contribution in [0.1, 0.15) is 82.9 Å². The third-order valence-corrected chi connectivity index (χ3v) is 5.24. The Bertz CT molecular complexity index is 398. The zero-order valence-electron chi connectivity index (χ0n) is 13.4. The maximum absolute atomic E-state index is 10.4. The first-order chi connectivity index (χ1) is 9.53. The first kappa shape index (κ1) is 15.6. The van der Waals surface area contributed by atoms with Crippen molar-refractivity contribution in [3.05, 3.63) is 35.4 Å². The number of benzene rings is 1. The molecule has 1 aromatic carbocycles. The van der Waals surface area contributed by atoms with E-state index in [1.165, 1.54) is 37.7 Å². The number of hydrogen-bond acceptors (Lipinski definition) is 1. The Labute approximate surface area is 124 Å². The minimum atomic E-state index is -0.281. The van der Waals surface area contributed by atoms with Gasteiger partial charge in [0, 0.05) is 0 Å². The molecule has 2 rings (SSSR count). The molecule has 0 aliphatic heterocycles. The van der Waals surface area contributed by atoms with Crippen LogP contribution in [0.15, 0.2) is 24.3 Å². The number of hydrogen-bond donors (Lipinski definition) is 1. The van der Waals surface area contributed by atoms with Crippen LogP contribution < -0.4 is 0 Å². The fraction of sp³-hybridized carbons (Fsp3) is 0.684. The molecule has 1 atom stereocenters. The molecule has 0 spiro atoms. The lowest BCUT2D eigenvalue weighted by atomic mass is 9.81. The molecule has 0 saturated heterocycles. The lowest BCUT2D eigenvalue weighted by molar-refractivity contribution is 0.131. The molecular weight excluding hydrogens is 244 g/mol. The van der Waals surface area contributed by atoms with E-state index in [1.807, 2.05) is 0 Å². The highest BCUT2D eigenvalue weighted by molar-refractivity contribution is 5.29. The smallest absolute Gasteiger partial charge is 0.0792 e. The average Bonchev–Trinajstić information content (AvgIpc) is 2.48. The summed E-state index contributed by atoms with van der Waals surface area (Å²) in [6, 6.07) is 8.65. The van der Waals surface area contributed by atoms with Gasteiger partial charge in [-0.1, -0.05) is 77.1 Å². The van der Waals surface area contributed by atoms with Crippen molar-refractivity contribution in [2.24, 2.45) is 5.92 Å². The summed E-state index contributed by atoms with van der Waals surface area (Å²) in [5.41, 5.74) is 2.69. The lowest BCUT2D eigenvalue weighted by Gasteiger charge is -2.26. The zero-order valence-corrected chi connectivity index (χ0v) is 13.4. The van der Waals surface area contributed by atoms with Gasteiger partial charge in [0.2, 0.25) is 0 Å². The molecule has 1 aliphatic rings. The first-order valence-electron chi connectivity index (χ1n) is 8.31. The second-order valence-corrected chi connectivity index (χ2v) is 7.11. The minimum absolute atomic E-state index is 0.229. The molecule has 1 fully saturated rings. The molecule has 20 heavy (non-hydrogen) atoms. The molecule has 1 aromatic rings. The van der Waals surface area contributed by atoms with Gasteiger partial charge in [0.05, 0.1) is 6.10 Å². The van der Waals surface area contributed by atoms with Crippen molar-refractivity contribution >= 4 is 0 Å². The van der Waals surface area contributed by atoms with Crippen LogP contribution in [0.3, 0.4) is 0 Å². The van der Waals surface area contributed by atoms with Crippen LogP contribution in [0.4, 0.5) is 0 Å². The normalized spacial score (nSPS) is 19.0. The largest absolute Gasteiger partial charge is 0.388 e. The van der Waals surface area contributed by atoms with Crippen LogP contribution in [0.25, 0.3) is 0 Å². The molecule has 0 aromatic heterocycles. The van der Waals surface area contributed by atoms with Gasteiger partial charge in [0.1, 0.15) is 0 Å². The van der Waals surface area contributed by atoms with Crippen LogP contribution >= 0.6 is 0 Å². The first-order valence-corrected chi connectivity index (χ1v) is 8.31. The van der Waals surface area contributed by atoms with E-state index in [0.717, 1.165) is 24.3 Å². The summed E-state index contributed by atoms with van der Waals surface area (Å²) in [6.45, 7) is 6.78. The number of aliphatic hydroxyl groups excluding tert-OH is 1. The predicted octanol–water partition coefficient (Wildman–Crippen LogP) is 5.38. The number of rotatable bonds is 5. The molecule has 0 radical (unpaired) electrons. The summed E-state index contributed by atoms with van der Waals surface area (Å²) in [4.78, 5) is 0. The van der Waals surface area contributed by atoms with Crippen LogP contribution in [-0.2, 0) is 5.41 Å². The van der Waals surface area contributed by atoms with Gasteiger partial charge in [-0.15, -0.1) is 0 Å². The van der Waals surface area contributed by atoms with Gasteiger partial charge in [0.25, 0.3) is 0 Å². The van der Waals surface area contributed by atoms with Gasteiger partial charge in [-0.05, 0) is 35.3 Å². The Morgan fingerprint density at radius 1 is 1.10 bits per heavy atom. The Morgan fingerprint density at radius 3 is 2.25 bits per heavy atom. The van der Waals surface area contributed by atoms with Gasteiger partial charge < -0.3 is 5.11 Å². The summed E-state index contributed by atoms with van der Waals surface area (Å²) in [6.07, 6.45) is 8.48. The second kappa shape index (κ2) is 6.76. The lowest BCUT2D eigenvalue weighted by Crippen LogP contribution is -2.15. The SMILES string of the molecule is CCC(C)(C)c1ccc(C(O)CC2CCCCC2)cc1. The Hall–Kier alpha value is -0.820. The van der Waals surface area contributed by atoms with E-state index >= 15 is 0 Å². The molecule has 112 valence electrons. The van der Waals surface area contributed by atoms with Gasteiger partial charge in [0.15, 0.2) is 0 Å². The topological polar surface area (TPSA) is 20.2 Å². The maximum atomic E-state index is 10.4. The zero-order chi connectivity index (χ0) is 14.6. The Morgan fingerprint density at radius 2 is 1.70 bits per heavy atom. The van der Waals surface area contributed by atoms with Crippen molar-refractivity contribution in [1.82, 2.24) is 0 Å². The van der Waals surface area contributed by atoms with Crippen LogP contribution in [-0.4, -0.2) is 5.11 Å². The van der Waals surface area contributed by atoms with E-state index in [1.54, 1.807) is 0 Å². The molecule has 0 heterocycles. The highest BCUT2D eigenvalue weighted by Gasteiger charge is 2.20. The van der Waals surface area contributed by atoms with Crippen LogP contribution in [0.5, 0.6) is 0 Å². The molecule has 1 unspecified atom stereocenters. The summed E-state index contributed by atoms with van der Waals surface area (Å²) in [5, 5.41) is 10.4. The molecule has 1 aliphatic carbocycles. The summed E-state index contributed by atoms with van der Waals surface area (Å²) in [7, 11) is 0. The Kier molecular flexibility index (Phi) is 5.26. The monoisotopic (exact) mass is 274 g/mol. The van der Waals surface area contributed by atoms with Crippen LogP contribution in [0.2, 0.25) is 0 Å². The third kappa shape index (κ3) is 3.85. The standard InChI is InChI=1S/C19H30O/c1-4-19(2,3)17-12-10-16(11-13-17)18(20)14-15-8-6-5-7-9-15/h10-13,15,18,20H,4-9,14H2,1-3H3. The van der Waals surface area contributed by atoms with Gasteiger partial charge in [-0.25, -0.2) is 0 Å². The van der Waals surface area contributed by atoms with E-state index in [0.29, 0.717) is 0 Å². The molecule has 0 amide bonds. The van der Waals surface area contributed by atoms with Gasteiger partial charge in [-0.3, -0.25) is 0 Å². The highest BCUT2D eigenvalue weighted by atomic mass is 16.3. The molecular formula is C19H30O. The van der Waals surface area contributed by atoms with Crippen molar-refractivity contribution in [2.45, 2.75) is 77.2 Å². The van der Waals surface area contributed by atoms with Crippen LogP contribution in [0, 0.1) is 5.92 Å². The van der Waals surface area contributed by atoms with Crippen molar-refractivity contribution < 1.29 is 5.11 Å². The van der Waals surface area contributed by atoms with Crippen molar-refractivity contribution in [3.63, 3.8) is 0 Å². The fourth-order valence-electron chi connectivity index (χ4n) is 3.24. The number of aliphatic hydroxyl groups is 1. The predicted molar refractivity (Wildman–Crippen MR) is 85.9 cm³/mol. The summed E-state index contributed by atoms with van der Waals surface area (Å²) >= 11 is 0. The second-order valence-electron chi connectivity index (χ2n) is 7.11. The maximum Gasteiger partial charge on any atom is 0.0792 e. The molecule has 1 saturated carbocycles.